The van der Waals surface area contributed by atoms with Crippen LogP contribution in [0.4, 0.5) is 0 Å². The first-order valence-corrected chi connectivity index (χ1v) is 9.65. The number of piperidine rings is 1. The predicted molar refractivity (Wildman–Crippen MR) is 98.6 cm³/mol. The van der Waals surface area contributed by atoms with Gasteiger partial charge in [0, 0.05) is 35.4 Å². The van der Waals surface area contributed by atoms with Gasteiger partial charge >= 0.3 is 0 Å². The maximum absolute atomic E-state index is 6.12. The van der Waals surface area contributed by atoms with E-state index in [-0.39, 0.29) is 0 Å². The molecule has 24 heavy (non-hydrogen) atoms. The van der Waals surface area contributed by atoms with Crippen molar-refractivity contribution in [3.05, 3.63) is 70.2 Å². The lowest BCUT2D eigenvalue weighted by Gasteiger charge is -2.36. The second kappa shape index (κ2) is 7.26. The van der Waals surface area contributed by atoms with Crippen LogP contribution in [-0.4, -0.2) is 25.7 Å². The largest absolute Gasteiger partial charge is 0.331 e. The molecule has 0 spiro atoms. The van der Waals surface area contributed by atoms with Crippen LogP contribution in [0.15, 0.2) is 48.5 Å². The fourth-order valence-electron chi connectivity index (χ4n) is 4.50. The molecule has 2 N–H and O–H groups in total. The summed E-state index contributed by atoms with van der Waals surface area (Å²) in [5.74, 6) is 0. The molecule has 4 rings (SSSR count). The van der Waals surface area contributed by atoms with E-state index < -0.39 is 0 Å². The van der Waals surface area contributed by atoms with E-state index in [4.69, 9.17) is 11.6 Å². The zero-order valence-electron chi connectivity index (χ0n) is 14.2. The zero-order valence-corrected chi connectivity index (χ0v) is 15.0. The zero-order chi connectivity index (χ0) is 16.4. The van der Waals surface area contributed by atoms with Crippen LogP contribution < -0.4 is 9.80 Å². The van der Waals surface area contributed by atoms with Crippen molar-refractivity contribution in [2.45, 2.75) is 38.4 Å². The van der Waals surface area contributed by atoms with Gasteiger partial charge in [0.25, 0.3) is 0 Å². The van der Waals surface area contributed by atoms with Gasteiger partial charge < -0.3 is 9.80 Å². The first-order chi connectivity index (χ1) is 11.8. The number of halogens is 1. The van der Waals surface area contributed by atoms with Crippen LogP contribution in [0, 0.1) is 0 Å². The SMILES string of the molecule is Clc1cccc(C[NH+]2CCC([NH+]3CCc4ccccc4C3)CC2)c1. The van der Waals surface area contributed by atoms with Crippen molar-refractivity contribution in [3.63, 3.8) is 0 Å². The Bertz CT molecular complexity index is 692. The molecule has 0 aromatic heterocycles. The van der Waals surface area contributed by atoms with Crippen LogP contribution in [0.25, 0.3) is 0 Å². The van der Waals surface area contributed by atoms with Crippen molar-refractivity contribution in [1.82, 2.24) is 0 Å². The highest BCUT2D eigenvalue weighted by Crippen LogP contribution is 2.12. The van der Waals surface area contributed by atoms with Crippen molar-refractivity contribution in [2.24, 2.45) is 0 Å². The Morgan fingerprint density at radius 1 is 0.917 bits per heavy atom. The number of hydrogen-bond donors (Lipinski definition) is 2. The third kappa shape index (κ3) is 3.66. The summed E-state index contributed by atoms with van der Waals surface area (Å²) in [4.78, 5) is 3.53. The monoisotopic (exact) mass is 342 g/mol. The van der Waals surface area contributed by atoms with E-state index in [2.05, 4.69) is 42.5 Å². The van der Waals surface area contributed by atoms with Crippen LogP contribution in [-0.2, 0) is 19.5 Å². The summed E-state index contributed by atoms with van der Waals surface area (Å²) in [5.41, 5.74) is 4.52. The van der Waals surface area contributed by atoms with Gasteiger partial charge in [-0.25, -0.2) is 0 Å². The van der Waals surface area contributed by atoms with Crippen LogP contribution in [0.3, 0.4) is 0 Å². The van der Waals surface area contributed by atoms with Crippen LogP contribution >= 0.6 is 11.6 Å². The van der Waals surface area contributed by atoms with E-state index in [1.807, 2.05) is 11.0 Å². The summed E-state index contributed by atoms with van der Waals surface area (Å²) in [5, 5.41) is 0.859. The molecule has 2 aromatic rings. The number of fused-ring (bicyclic) bond motifs is 1. The van der Waals surface area contributed by atoms with Crippen LogP contribution in [0.5, 0.6) is 0 Å². The number of rotatable bonds is 3. The second-order valence-corrected chi connectivity index (χ2v) is 7.87. The third-order valence-electron chi connectivity index (χ3n) is 5.86. The molecule has 2 aromatic carbocycles. The number of benzene rings is 2. The lowest BCUT2D eigenvalue weighted by Crippen LogP contribution is -3.20. The van der Waals surface area contributed by atoms with E-state index >= 15 is 0 Å². The van der Waals surface area contributed by atoms with Crippen LogP contribution in [0.2, 0.25) is 5.02 Å². The highest BCUT2D eigenvalue weighted by Gasteiger charge is 2.32. The standard InChI is InChI=1S/C21H25ClN2/c22-20-7-3-4-17(14-20)15-23-11-9-21(10-12-23)24-13-8-18-5-1-2-6-19(18)16-24/h1-7,14,21H,8-13,15-16H2/p+2. The molecular formula is C21H27ClN2+2. The number of hydrogen-bond acceptors (Lipinski definition) is 0. The molecule has 126 valence electrons. The molecule has 2 aliphatic rings. The molecule has 0 radical (unpaired) electrons. The molecule has 0 amide bonds. The predicted octanol–water partition coefficient (Wildman–Crippen LogP) is 1.53. The van der Waals surface area contributed by atoms with E-state index in [1.54, 1.807) is 16.0 Å². The molecular weight excluding hydrogens is 316 g/mol. The van der Waals surface area contributed by atoms with E-state index in [9.17, 15) is 0 Å². The molecule has 1 atom stereocenters. The molecule has 3 heteroatoms. The molecule has 0 aliphatic carbocycles. The lowest BCUT2D eigenvalue weighted by molar-refractivity contribution is -0.972. The van der Waals surface area contributed by atoms with E-state index in [0.717, 1.165) is 17.6 Å². The Balaban J connectivity index is 1.32. The smallest absolute Gasteiger partial charge is 0.103 e. The highest BCUT2D eigenvalue weighted by molar-refractivity contribution is 6.30. The summed E-state index contributed by atoms with van der Waals surface area (Å²) in [6.07, 6.45) is 3.96. The first-order valence-electron chi connectivity index (χ1n) is 9.27. The summed E-state index contributed by atoms with van der Waals surface area (Å²) in [7, 11) is 0. The normalized spacial score (nSPS) is 26.8. The Morgan fingerprint density at radius 3 is 2.50 bits per heavy atom. The molecule has 1 fully saturated rings. The molecule has 0 saturated carbocycles. The average molecular weight is 343 g/mol. The van der Waals surface area contributed by atoms with Crippen molar-refractivity contribution in [1.29, 1.82) is 0 Å². The van der Waals surface area contributed by atoms with Crippen LogP contribution in [0.1, 0.15) is 29.5 Å². The van der Waals surface area contributed by atoms with Crippen molar-refractivity contribution in [2.75, 3.05) is 19.6 Å². The van der Waals surface area contributed by atoms with Gasteiger partial charge in [-0.05, 0) is 17.7 Å². The fraction of sp³-hybridized carbons (Fsp3) is 0.429. The molecule has 2 aliphatic heterocycles. The average Bonchev–Trinajstić information content (AvgIpc) is 2.62. The lowest BCUT2D eigenvalue weighted by atomic mass is 9.95. The van der Waals surface area contributed by atoms with Gasteiger partial charge in [0.2, 0.25) is 0 Å². The highest BCUT2D eigenvalue weighted by atomic mass is 35.5. The minimum Gasteiger partial charge on any atom is -0.331 e. The van der Waals surface area contributed by atoms with Gasteiger partial charge in [0.05, 0.1) is 25.7 Å². The van der Waals surface area contributed by atoms with Gasteiger partial charge in [-0.2, -0.15) is 0 Å². The fourth-order valence-corrected chi connectivity index (χ4v) is 4.71. The van der Waals surface area contributed by atoms with Gasteiger partial charge in [-0.15, -0.1) is 0 Å². The summed E-state index contributed by atoms with van der Waals surface area (Å²) in [6.45, 7) is 6.24. The number of likely N-dealkylation sites (tertiary alicyclic amines) is 1. The molecule has 1 unspecified atom stereocenters. The Morgan fingerprint density at radius 2 is 1.71 bits per heavy atom. The molecule has 2 heterocycles. The van der Waals surface area contributed by atoms with Gasteiger partial charge in [0.15, 0.2) is 0 Å². The van der Waals surface area contributed by atoms with Crippen molar-refractivity contribution >= 4 is 11.6 Å². The number of nitrogens with one attached hydrogen (secondary N) is 2. The molecule has 1 saturated heterocycles. The van der Waals surface area contributed by atoms with E-state index in [0.29, 0.717) is 0 Å². The second-order valence-electron chi connectivity index (χ2n) is 7.43. The Hall–Kier alpha value is -1.35. The summed E-state index contributed by atoms with van der Waals surface area (Å²) in [6, 6.07) is 18.2. The first kappa shape index (κ1) is 16.1. The minimum atomic E-state index is 0.849. The molecule has 2 nitrogen and oxygen atoms in total. The quantitative estimate of drug-likeness (QED) is 0.837. The molecule has 0 bridgehead atoms. The Labute approximate surface area is 150 Å². The Kier molecular flexibility index (Phi) is 4.88. The van der Waals surface area contributed by atoms with Gasteiger partial charge in [-0.1, -0.05) is 48.0 Å². The topological polar surface area (TPSA) is 8.88 Å². The summed E-state index contributed by atoms with van der Waals surface area (Å²) >= 11 is 6.12. The summed E-state index contributed by atoms with van der Waals surface area (Å²) < 4.78 is 0. The van der Waals surface area contributed by atoms with Gasteiger partial charge in [0.1, 0.15) is 13.1 Å². The number of quaternary nitrogens is 2. The van der Waals surface area contributed by atoms with Crippen molar-refractivity contribution < 1.29 is 9.80 Å². The third-order valence-corrected chi connectivity index (χ3v) is 6.10. The maximum atomic E-state index is 6.12. The maximum Gasteiger partial charge on any atom is 0.103 e. The van der Waals surface area contributed by atoms with E-state index in [1.165, 1.54) is 51.0 Å². The van der Waals surface area contributed by atoms with Gasteiger partial charge in [-0.3, -0.25) is 0 Å². The van der Waals surface area contributed by atoms with Crippen molar-refractivity contribution in [3.8, 4) is 0 Å². The minimum absolute atomic E-state index is 0.849.